The molecule has 6 heteroatoms. The van der Waals surface area contributed by atoms with E-state index < -0.39 is 0 Å². The molecular formula is C21H28ClN2O3+. The highest BCUT2D eigenvalue weighted by Gasteiger charge is 2.22. The van der Waals surface area contributed by atoms with Gasteiger partial charge in [0.1, 0.15) is 0 Å². The molecule has 0 heterocycles. The van der Waals surface area contributed by atoms with E-state index in [1.54, 1.807) is 14.2 Å². The van der Waals surface area contributed by atoms with Crippen LogP contribution in [0.15, 0.2) is 36.4 Å². The Bertz CT molecular complexity index is 795. The lowest BCUT2D eigenvalue weighted by atomic mass is 10.1. The number of halogens is 1. The summed E-state index contributed by atoms with van der Waals surface area (Å²) in [5.74, 6) is 1.41. The lowest BCUT2D eigenvalue weighted by Gasteiger charge is -2.22. The number of rotatable bonds is 8. The summed E-state index contributed by atoms with van der Waals surface area (Å²) in [4.78, 5) is 13.7. The number of likely N-dealkylation sites (N-methyl/N-ethyl adjacent to an activating group) is 1. The van der Waals surface area contributed by atoms with Crippen molar-refractivity contribution >= 4 is 23.2 Å². The molecule has 2 aromatic rings. The van der Waals surface area contributed by atoms with Gasteiger partial charge in [0.2, 0.25) is 0 Å². The summed E-state index contributed by atoms with van der Waals surface area (Å²) >= 11 is 6.13. The normalized spacial score (nSPS) is 13.0. The topological polar surface area (TPSA) is 52.0 Å². The van der Waals surface area contributed by atoms with Gasteiger partial charge in [-0.1, -0.05) is 23.7 Å². The fraction of sp³-hybridized carbons (Fsp3) is 0.381. The van der Waals surface area contributed by atoms with Crippen molar-refractivity contribution in [2.24, 2.45) is 0 Å². The van der Waals surface area contributed by atoms with E-state index in [2.05, 4.69) is 5.32 Å². The van der Waals surface area contributed by atoms with Crippen LogP contribution in [-0.2, 0) is 11.2 Å². The van der Waals surface area contributed by atoms with Crippen LogP contribution in [0.3, 0.4) is 0 Å². The number of hydrogen-bond acceptors (Lipinski definition) is 3. The van der Waals surface area contributed by atoms with Crippen LogP contribution >= 0.6 is 11.6 Å². The average Bonchev–Trinajstić information content (AvgIpc) is 2.68. The fourth-order valence-corrected chi connectivity index (χ4v) is 2.98. The fourth-order valence-electron chi connectivity index (χ4n) is 2.80. The molecule has 0 saturated carbocycles. The van der Waals surface area contributed by atoms with Gasteiger partial charge in [-0.05, 0) is 49.2 Å². The number of nitrogens with one attached hydrogen (secondary N) is 2. The quantitative estimate of drug-likeness (QED) is 0.727. The van der Waals surface area contributed by atoms with E-state index in [1.807, 2.05) is 57.3 Å². The molecule has 0 bridgehead atoms. The summed E-state index contributed by atoms with van der Waals surface area (Å²) in [6.45, 7) is 4.65. The molecule has 0 spiro atoms. The summed E-state index contributed by atoms with van der Waals surface area (Å²) in [6, 6.07) is 11.2. The minimum absolute atomic E-state index is 0.0230. The molecule has 0 aliphatic carbocycles. The van der Waals surface area contributed by atoms with E-state index in [1.165, 1.54) is 0 Å². The van der Waals surface area contributed by atoms with Gasteiger partial charge in [-0.15, -0.1) is 0 Å². The van der Waals surface area contributed by atoms with Crippen LogP contribution in [-0.4, -0.2) is 39.8 Å². The lowest BCUT2D eigenvalue weighted by molar-refractivity contribution is -0.893. The Morgan fingerprint density at radius 3 is 2.56 bits per heavy atom. The molecule has 0 saturated heterocycles. The second-order valence-corrected chi connectivity index (χ2v) is 7.07. The number of quaternary nitrogens is 1. The highest BCUT2D eigenvalue weighted by Crippen LogP contribution is 2.27. The van der Waals surface area contributed by atoms with Crippen molar-refractivity contribution in [3.05, 3.63) is 52.5 Å². The molecule has 2 atom stereocenters. The van der Waals surface area contributed by atoms with Crippen molar-refractivity contribution in [2.75, 3.05) is 33.1 Å². The van der Waals surface area contributed by atoms with Gasteiger partial charge >= 0.3 is 0 Å². The van der Waals surface area contributed by atoms with E-state index in [-0.39, 0.29) is 11.9 Å². The molecule has 5 nitrogen and oxygen atoms in total. The van der Waals surface area contributed by atoms with E-state index in [9.17, 15) is 4.79 Å². The van der Waals surface area contributed by atoms with Crippen LogP contribution in [0.4, 0.5) is 5.69 Å². The first-order chi connectivity index (χ1) is 12.9. The van der Waals surface area contributed by atoms with Gasteiger partial charge in [0, 0.05) is 17.1 Å². The molecule has 0 aliphatic rings. The molecule has 2 aromatic carbocycles. The predicted molar refractivity (Wildman–Crippen MR) is 109 cm³/mol. The smallest absolute Gasteiger partial charge is 0.282 e. The molecule has 0 fully saturated rings. The molecule has 0 radical (unpaired) electrons. The largest absolute Gasteiger partial charge is 0.493 e. The summed E-state index contributed by atoms with van der Waals surface area (Å²) in [7, 11) is 5.27. The Hall–Kier alpha value is -2.24. The van der Waals surface area contributed by atoms with Crippen molar-refractivity contribution in [1.82, 2.24) is 0 Å². The van der Waals surface area contributed by atoms with Gasteiger partial charge in [0.05, 0.1) is 27.8 Å². The van der Waals surface area contributed by atoms with E-state index >= 15 is 0 Å². The Kier molecular flexibility index (Phi) is 7.51. The lowest BCUT2D eigenvalue weighted by Crippen LogP contribution is -3.14. The van der Waals surface area contributed by atoms with Gasteiger partial charge in [-0.3, -0.25) is 4.79 Å². The molecule has 1 amide bonds. The summed E-state index contributed by atoms with van der Waals surface area (Å²) in [6.07, 6.45) is 0.833. The first kappa shape index (κ1) is 21.1. The molecule has 0 aromatic heterocycles. The molecule has 0 aliphatic heterocycles. The highest BCUT2D eigenvalue weighted by molar-refractivity contribution is 6.31. The highest BCUT2D eigenvalue weighted by atomic mass is 35.5. The summed E-state index contributed by atoms with van der Waals surface area (Å²) in [5.41, 5.74) is 2.78. The second-order valence-electron chi connectivity index (χ2n) is 6.66. The summed E-state index contributed by atoms with van der Waals surface area (Å²) < 4.78 is 10.6. The molecule has 27 heavy (non-hydrogen) atoms. The Labute approximate surface area is 166 Å². The maximum Gasteiger partial charge on any atom is 0.282 e. The van der Waals surface area contributed by atoms with Crippen molar-refractivity contribution < 1.29 is 19.2 Å². The zero-order valence-electron chi connectivity index (χ0n) is 16.6. The summed E-state index contributed by atoms with van der Waals surface area (Å²) in [5, 5.41) is 3.63. The standard InChI is InChI=1S/C21H27ClN2O3/c1-14-17(22)7-6-8-18(14)23-21(25)15(2)24(3)12-11-16-9-10-19(26-4)20(13-16)27-5/h6-10,13,15H,11-12H2,1-5H3,(H,23,25)/p+1/t15-/m0/s1. The number of carbonyl (C=O) groups is 1. The van der Waals surface area contributed by atoms with Gasteiger partial charge in [0.25, 0.3) is 5.91 Å². The minimum atomic E-state index is -0.191. The Balaban J connectivity index is 1.96. The van der Waals surface area contributed by atoms with Crippen LogP contribution < -0.4 is 19.7 Å². The predicted octanol–water partition coefficient (Wildman–Crippen LogP) is 2.75. The zero-order valence-corrected chi connectivity index (χ0v) is 17.3. The van der Waals surface area contributed by atoms with Gasteiger partial charge in [-0.2, -0.15) is 0 Å². The van der Waals surface area contributed by atoms with Crippen LogP contribution in [0, 0.1) is 6.92 Å². The number of benzene rings is 2. The maximum atomic E-state index is 12.6. The number of anilines is 1. The van der Waals surface area contributed by atoms with Crippen LogP contribution in [0.25, 0.3) is 0 Å². The first-order valence-corrected chi connectivity index (χ1v) is 9.34. The molecule has 2 rings (SSSR count). The monoisotopic (exact) mass is 391 g/mol. The third-order valence-electron chi connectivity index (χ3n) is 4.91. The van der Waals surface area contributed by atoms with Gasteiger partial charge < -0.3 is 19.7 Å². The number of hydrogen-bond donors (Lipinski definition) is 2. The number of methoxy groups -OCH3 is 2. The van der Waals surface area contributed by atoms with Gasteiger partial charge in [0.15, 0.2) is 17.5 Å². The van der Waals surface area contributed by atoms with Crippen molar-refractivity contribution in [1.29, 1.82) is 0 Å². The Morgan fingerprint density at radius 2 is 1.89 bits per heavy atom. The molecule has 1 unspecified atom stereocenters. The second kappa shape index (κ2) is 9.62. The van der Waals surface area contributed by atoms with Crippen LogP contribution in [0.2, 0.25) is 5.02 Å². The van der Waals surface area contributed by atoms with Crippen molar-refractivity contribution in [3.8, 4) is 11.5 Å². The molecular weight excluding hydrogens is 364 g/mol. The Morgan fingerprint density at radius 1 is 1.19 bits per heavy atom. The molecule has 146 valence electrons. The van der Waals surface area contributed by atoms with E-state index in [0.29, 0.717) is 10.8 Å². The zero-order chi connectivity index (χ0) is 20.0. The SMILES string of the molecule is COc1ccc(CC[NH+](C)[C@@H](C)C(=O)Nc2cccc(Cl)c2C)cc1OC. The first-order valence-electron chi connectivity index (χ1n) is 8.96. The van der Waals surface area contributed by atoms with Crippen molar-refractivity contribution in [2.45, 2.75) is 26.3 Å². The van der Waals surface area contributed by atoms with Crippen LogP contribution in [0.1, 0.15) is 18.1 Å². The van der Waals surface area contributed by atoms with Gasteiger partial charge in [-0.25, -0.2) is 0 Å². The number of carbonyl (C=O) groups excluding carboxylic acids is 1. The molecule has 2 N–H and O–H groups in total. The van der Waals surface area contributed by atoms with E-state index in [4.69, 9.17) is 21.1 Å². The van der Waals surface area contributed by atoms with Crippen LogP contribution in [0.5, 0.6) is 11.5 Å². The minimum Gasteiger partial charge on any atom is -0.493 e. The van der Waals surface area contributed by atoms with E-state index in [0.717, 1.165) is 40.4 Å². The number of amides is 1. The number of ether oxygens (including phenoxy) is 2. The maximum absolute atomic E-state index is 12.6. The van der Waals surface area contributed by atoms with Crippen molar-refractivity contribution in [3.63, 3.8) is 0 Å². The average molecular weight is 392 g/mol. The third-order valence-corrected chi connectivity index (χ3v) is 5.32. The third kappa shape index (κ3) is 5.37.